The van der Waals surface area contributed by atoms with Crippen LogP contribution in [0.1, 0.15) is 9.67 Å². The molecule has 1 atom stereocenters. The van der Waals surface area contributed by atoms with Crippen molar-refractivity contribution < 1.29 is 14.3 Å². The monoisotopic (exact) mass is 306 g/mol. The van der Waals surface area contributed by atoms with Crippen LogP contribution in [0, 0.1) is 0 Å². The average Bonchev–Trinajstić information content (AvgIpc) is 3.17. The molecule has 110 valence electrons. The molecule has 3 heterocycles. The standard InChI is InChI=1S/C13H14N4O3S/c1-16-11(4-5-15-16)17-8-9(20-13(17)19)7-14-12(18)10-3-2-6-21-10/h2-6,9H,7-8H2,1H3,(H,14,18). The molecule has 0 aliphatic carbocycles. The number of ether oxygens (including phenoxy) is 1. The van der Waals surface area contributed by atoms with Crippen LogP contribution in [0.3, 0.4) is 0 Å². The van der Waals surface area contributed by atoms with E-state index in [2.05, 4.69) is 10.4 Å². The van der Waals surface area contributed by atoms with Crippen molar-refractivity contribution in [3.63, 3.8) is 0 Å². The van der Waals surface area contributed by atoms with Gasteiger partial charge >= 0.3 is 6.09 Å². The Bertz CT molecular complexity index is 652. The predicted octanol–water partition coefficient (Wildman–Crippen LogP) is 1.24. The number of anilines is 1. The second-order valence-corrected chi connectivity index (χ2v) is 5.56. The highest BCUT2D eigenvalue weighted by Gasteiger charge is 2.33. The highest BCUT2D eigenvalue weighted by atomic mass is 32.1. The first-order valence-electron chi connectivity index (χ1n) is 6.43. The van der Waals surface area contributed by atoms with Crippen molar-refractivity contribution in [2.75, 3.05) is 18.0 Å². The van der Waals surface area contributed by atoms with Gasteiger partial charge in [-0.25, -0.2) is 4.79 Å². The van der Waals surface area contributed by atoms with E-state index in [4.69, 9.17) is 4.74 Å². The van der Waals surface area contributed by atoms with Crippen molar-refractivity contribution in [1.82, 2.24) is 15.1 Å². The molecule has 1 N–H and O–H groups in total. The van der Waals surface area contributed by atoms with Crippen LogP contribution < -0.4 is 10.2 Å². The Morgan fingerprint density at radius 1 is 1.57 bits per heavy atom. The highest BCUT2D eigenvalue weighted by Crippen LogP contribution is 2.20. The smallest absolute Gasteiger partial charge is 0.416 e. The number of nitrogens with zero attached hydrogens (tertiary/aromatic N) is 3. The van der Waals surface area contributed by atoms with Crippen LogP contribution in [0.5, 0.6) is 0 Å². The molecule has 2 aromatic heterocycles. The van der Waals surface area contributed by atoms with Crippen LogP contribution in [-0.2, 0) is 11.8 Å². The number of nitrogens with one attached hydrogen (secondary N) is 1. The summed E-state index contributed by atoms with van der Waals surface area (Å²) >= 11 is 1.37. The minimum atomic E-state index is -0.422. The van der Waals surface area contributed by atoms with E-state index in [1.165, 1.54) is 16.2 Å². The fourth-order valence-electron chi connectivity index (χ4n) is 2.15. The van der Waals surface area contributed by atoms with E-state index in [0.717, 1.165) is 0 Å². The Hall–Kier alpha value is -2.35. The molecule has 2 amide bonds. The number of thiophene rings is 1. The number of hydrogen-bond acceptors (Lipinski definition) is 5. The maximum Gasteiger partial charge on any atom is 0.416 e. The highest BCUT2D eigenvalue weighted by molar-refractivity contribution is 7.12. The molecule has 1 unspecified atom stereocenters. The Morgan fingerprint density at radius 3 is 3.10 bits per heavy atom. The van der Waals surface area contributed by atoms with E-state index in [1.54, 1.807) is 30.1 Å². The van der Waals surface area contributed by atoms with E-state index in [9.17, 15) is 9.59 Å². The lowest BCUT2D eigenvalue weighted by molar-refractivity contribution is 0.0920. The van der Waals surface area contributed by atoms with E-state index in [0.29, 0.717) is 17.2 Å². The second kappa shape index (κ2) is 5.57. The van der Waals surface area contributed by atoms with Gasteiger partial charge in [0.1, 0.15) is 11.9 Å². The molecule has 8 heteroatoms. The van der Waals surface area contributed by atoms with Crippen LogP contribution in [0.25, 0.3) is 0 Å². The zero-order valence-corrected chi connectivity index (χ0v) is 12.2. The zero-order chi connectivity index (χ0) is 14.8. The zero-order valence-electron chi connectivity index (χ0n) is 11.4. The van der Waals surface area contributed by atoms with Crippen molar-refractivity contribution in [2.45, 2.75) is 6.10 Å². The number of hydrogen-bond donors (Lipinski definition) is 1. The van der Waals surface area contributed by atoms with Gasteiger partial charge < -0.3 is 10.1 Å². The summed E-state index contributed by atoms with van der Waals surface area (Å²) in [7, 11) is 1.76. The first-order valence-corrected chi connectivity index (χ1v) is 7.31. The fraction of sp³-hybridized carbons (Fsp3) is 0.308. The maximum atomic E-state index is 11.9. The normalized spacial score (nSPS) is 17.9. The topological polar surface area (TPSA) is 76.5 Å². The van der Waals surface area contributed by atoms with Crippen LogP contribution in [0.4, 0.5) is 10.6 Å². The van der Waals surface area contributed by atoms with Gasteiger partial charge in [-0.2, -0.15) is 5.10 Å². The van der Waals surface area contributed by atoms with E-state index in [-0.39, 0.29) is 18.6 Å². The summed E-state index contributed by atoms with van der Waals surface area (Å²) < 4.78 is 6.86. The second-order valence-electron chi connectivity index (χ2n) is 4.62. The van der Waals surface area contributed by atoms with E-state index >= 15 is 0 Å². The Morgan fingerprint density at radius 2 is 2.43 bits per heavy atom. The van der Waals surface area contributed by atoms with Crippen molar-refractivity contribution in [3.05, 3.63) is 34.7 Å². The third kappa shape index (κ3) is 2.75. The van der Waals surface area contributed by atoms with Crippen LogP contribution in [-0.4, -0.2) is 41.0 Å². The van der Waals surface area contributed by atoms with Gasteiger partial charge in [-0.1, -0.05) is 6.07 Å². The summed E-state index contributed by atoms with van der Waals surface area (Å²) in [6, 6.07) is 5.32. The summed E-state index contributed by atoms with van der Waals surface area (Å²) in [5, 5.41) is 8.64. The van der Waals surface area contributed by atoms with E-state index in [1.807, 2.05) is 11.4 Å². The van der Waals surface area contributed by atoms with Crippen molar-refractivity contribution in [1.29, 1.82) is 0 Å². The van der Waals surface area contributed by atoms with Crippen LogP contribution >= 0.6 is 11.3 Å². The van der Waals surface area contributed by atoms with Gasteiger partial charge in [0.15, 0.2) is 0 Å². The van der Waals surface area contributed by atoms with Crippen LogP contribution in [0.2, 0.25) is 0 Å². The molecule has 3 rings (SSSR count). The molecule has 1 fully saturated rings. The van der Waals surface area contributed by atoms with Gasteiger partial charge in [-0.15, -0.1) is 11.3 Å². The van der Waals surface area contributed by atoms with Gasteiger partial charge in [0, 0.05) is 13.1 Å². The molecule has 0 spiro atoms. The Balaban J connectivity index is 1.58. The maximum absolute atomic E-state index is 11.9. The number of aryl methyl sites for hydroxylation is 1. The molecule has 0 radical (unpaired) electrons. The Labute approximate surface area is 125 Å². The molecule has 0 saturated carbocycles. The summed E-state index contributed by atoms with van der Waals surface area (Å²) in [6.45, 7) is 0.680. The molecule has 7 nitrogen and oxygen atoms in total. The number of carbonyl (C=O) groups excluding carboxylic acids is 2. The lowest BCUT2D eigenvalue weighted by Gasteiger charge is -2.12. The molecule has 21 heavy (non-hydrogen) atoms. The van der Waals surface area contributed by atoms with Gasteiger partial charge in [0.25, 0.3) is 5.91 Å². The lowest BCUT2D eigenvalue weighted by atomic mass is 10.3. The van der Waals surface area contributed by atoms with Crippen molar-refractivity contribution >= 4 is 29.2 Å². The number of aromatic nitrogens is 2. The summed E-state index contributed by atoms with van der Waals surface area (Å²) in [4.78, 5) is 25.9. The van der Waals surface area contributed by atoms with E-state index < -0.39 is 6.09 Å². The summed E-state index contributed by atoms with van der Waals surface area (Å²) in [6.07, 6.45) is 0.833. The third-order valence-corrected chi connectivity index (χ3v) is 4.05. The molecule has 1 saturated heterocycles. The van der Waals surface area contributed by atoms with Crippen molar-refractivity contribution in [3.8, 4) is 0 Å². The number of carbonyl (C=O) groups is 2. The van der Waals surface area contributed by atoms with Gasteiger partial charge in [0.2, 0.25) is 0 Å². The SMILES string of the molecule is Cn1nccc1N1CC(CNC(=O)c2cccs2)OC1=O. The van der Waals surface area contributed by atoms with Crippen LogP contribution in [0.15, 0.2) is 29.8 Å². The number of rotatable bonds is 4. The first kappa shape index (κ1) is 13.6. The minimum Gasteiger partial charge on any atom is -0.442 e. The number of amides is 2. The molecule has 1 aliphatic heterocycles. The Kier molecular flexibility index (Phi) is 3.61. The minimum absolute atomic E-state index is 0.153. The molecule has 1 aliphatic rings. The van der Waals surface area contributed by atoms with Crippen molar-refractivity contribution in [2.24, 2.45) is 7.05 Å². The average molecular weight is 306 g/mol. The largest absolute Gasteiger partial charge is 0.442 e. The summed E-state index contributed by atoms with van der Waals surface area (Å²) in [5.74, 6) is 0.520. The van der Waals surface area contributed by atoms with Gasteiger partial charge in [0.05, 0.1) is 24.2 Å². The lowest BCUT2D eigenvalue weighted by Crippen LogP contribution is -2.34. The molecule has 2 aromatic rings. The predicted molar refractivity (Wildman–Crippen MR) is 77.5 cm³/mol. The molecule has 0 bridgehead atoms. The molecule has 0 aromatic carbocycles. The summed E-state index contributed by atoms with van der Waals surface area (Å²) in [5.41, 5.74) is 0. The number of cyclic esters (lactones) is 1. The first-order chi connectivity index (χ1) is 10.1. The molecular weight excluding hydrogens is 292 g/mol. The quantitative estimate of drug-likeness (QED) is 0.922. The fourth-order valence-corrected chi connectivity index (χ4v) is 2.79. The third-order valence-electron chi connectivity index (χ3n) is 3.18. The molecular formula is C13H14N4O3S. The van der Waals surface area contributed by atoms with Gasteiger partial charge in [-0.05, 0) is 11.4 Å². The van der Waals surface area contributed by atoms with Gasteiger partial charge in [-0.3, -0.25) is 14.4 Å².